The van der Waals surface area contributed by atoms with E-state index in [9.17, 15) is 8.42 Å². The second-order valence-electron chi connectivity index (χ2n) is 4.66. The standard InChI is InChI=1S/C13H15ClN2O3S2/c1-8(2)19-12-5-4-10(6-11(12)14)21(17,18)16-13-15-9(3)7-20-13/h4-8H,1-3H3,(H,15,16). The zero-order valence-corrected chi connectivity index (χ0v) is 14.1. The molecule has 2 rings (SSSR count). The molecule has 0 aliphatic carbocycles. The lowest BCUT2D eigenvalue weighted by Gasteiger charge is -2.12. The van der Waals surface area contributed by atoms with Crippen LogP contribution in [0.15, 0.2) is 28.5 Å². The zero-order chi connectivity index (χ0) is 15.6. The van der Waals surface area contributed by atoms with Gasteiger partial charge in [-0.15, -0.1) is 11.3 Å². The maximum absolute atomic E-state index is 12.3. The Bertz CT molecular complexity index is 742. The lowest BCUT2D eigenvalue weighted by Crippen LogP contribution is -2.13. The van der Waals surface area contributed by atoms with Crippen molar-refractivity contribution < 1.29 is 13.2 Å². The highest BCUT2D eigenvalue weighted by Gasteiger charge is 2.18. The van der Waals surface area contributed by atoms with Crippen LogP contribution in [0.25, 0.3) is 0 Å². The summed E-state index contributed by atoms with van der Waals surface area (Å²) in [5.41, 5.74) is 0.761. The van der Waals surface area contributed by atoms with Crippen molar-refractivity contribution in [2.24, 2.45) is 0 Å². The fraction of sp³-hybridized carbons (Fsp3) is 0.308. The van der Waals surface area contributed by atoms with Crippen LogP contribution < -0.4 is 9.46 Å². The summed E-state index contributed by atoms with van der Waals surface area (Å²) in [4.78, 5) is 4.14. The molecule has 1 aromatic heterocycles. The molecule has 8 heteroatoms. The van der Waals surface area contributed by atoms with Crippen LogP contribution >= 0.6 is 22.9 Å². The first-order valence-corrected chi connectivity index (χ1v) is 8.93. The Kier molecular flexibility index (Phi) is 4.75. The van der Waals surface area contributed by atoms with Crippen molar-refractivity contribution in [3.05, 3.63) is 34.3 Å². The van der Waals surface area contributed by atoms with Gasteiger partial charge in [-0.25, -0.2) is 13.4 Å². The number of rotatable bonds is 5. The molecule has 21 heavy (non-hydrogen) atoms. The summed E-state index contributed by atoms with van der Waals surface area (Å²) in [5.74, 6) is 0.454. The molecule has 0 aliphatic heterocycles. The molecule has 0 aliphatic rings. The molecule has 114 valence electrons. The van der Waals surface area contributed by atoms with Crippen molar-refractivity contribution in [2.45, 2.75) is 31.8 Å². The van der Waals surface area contributed by atoms with Crippen molar-refractivity contribution in [3.63, 3.8) is 0 Å². The molecule has 1 heterocycles. The molecule has 0 bridgehead atoms. The minimum absolute atomic E-state index is 0.0404. The first kappa shape index (κ1) is 16.1. The predicted octanol–water partition coefficient (Wildman–Crippen LogP) is 3.69. The summed E-state index contributed by atoms with van der Waals surface area (Å²) in [5, 5.41) is 2.35. The van der Waals surface area contributed by atoms with Crippen LogP contribution in [-0.2, 0) is 10.0 Å². The summed E-state index contributed by atoms with van der Waals surface area (Å²) in [7, 11) is -3.71. The molecule has 0 saturated carbocycles. The van der Waals surface area contributed by atoms with Crippen LogP contribution in [0.1, 0.15) is 19.5 Å². The first-order valence-electron chi connectivity index (χ1n) is 6.19. The van der Waals surface area contributed by atoms with Crippen molar-refractivity contribution in [3.8, 4) is 5.75 Å². The normalized spacial score (nSPS) is 11.7. The zero-order valence-electron chi connectivity index (χ0n) is 11.8. The molecule has 0 amide bonds. The summed E-state index contributed by atoms with van der Waals surface area (Å²) in [6, 6.07) is 4.36. The van der Waals surface area contributed by atoms with E-state index >= 15 is 0 Å². The molecule has 0 unspecified atom stereocenters. The van der Waals surface area contributed by atoms with E-state index in [4.69, 9.17) is 16.3 Å². The average Bonchev–Trinajstić information content (AvgIpc) is 2.76. The van der Waals surface area contributed by atoms with Crippen LogP contribution in [0.2, 0.25) is 5.02 Å². The van der Waals surface area contributed by atoms with Crippen LogP contribution in [0, 0.1) is 6.92 Å². The lowest BCUT2D eigenvalue weighted by atomic mass is 10.3. The number of anilines is 1. The van der Waals surface area contributed by atoms with Gasteiger partial charge in [-0.2, -0.15) is 0 Å². The first-order chi connectivity index (χ1) is 9.78. The predicted molar refractivity (Wildman–Crippen MR) is 84.9 cm³/mol. The van der Waals surface area contributed by atoms with Gasteiger partial charge in [0.05, 0.1) is 21.7 Å². The van der Waals surface area contributed by atoms with Gasteiger partial charge in [0.25, 0.3) is 10.0 Å². The van der Waals surface area contributed by atoms with Crippen molar-refractivity contribution >= 4 is 38.1 Å². The Hall–Kier alpha value is -1.31. The number of thiazole rings is 1. The minimum Gasteiger partial charge on any atom is -0.489 e. The van der Waals surface area contributed by atoms with E-state index in [1.165, 1.54) is 23.5 Å². The SMILES string of the molecule is Cc1csc(NS(=O)(=O)c2ccc(OC(C)C)c(Cl)c2)n1. The van der Waals surface area contributed by atoms with Gasteiger partial charge >= 0.3 is 0 Å². The molecule has 0 spiro atoms. The van der Waals surface area contributed by atoms with Crippen molar-refractivity contribution in [1.29, 1.82) is 0 Å². The number of aryl methyl sites for hydroxylation is 1. The monoisotopic (exact) mass is 346 g/mol. The Morgan fingerprint density at radius 3 is 2.62 bits per heavy atom. The molecule has 0 fully saturated rings. The van der Waals surface area contributed by atoms with Crippen LogP contribution in [0.5, 0.6) is 5.75 Å². The van der Waals surface area contributed by atoms with E-state index in [2.05, 4.69) is 9.71 Å². The molecule has 1 N–H and O–H groups in total. The summed E-state index contributed by atoms with van der Waals surface area (Å²) in [6.45, 7) is 5.53. The lowest BCUT2D eigenvalue weighted by molar-refractivity contribution is 0.242. The van der Waals surface area contributed by atoms with Gasteiger partial charge in [-0.05, 0) is 39.0 Å². The molecule has 2 aromatic rings. The van der Waals surface area contributed by atoms with E-state index in [1.54, 1.807) is 18.4 Å². The van der Waals surface area contributed by atoms with Gasteiger partial charge in [0.15, 0.2) is 5.13 Å². The number of ether oxygens (including phenoxy) is 1. The Morgan fingerprint density at radius 2 is 2.10 bits per heavy atom. The summed E-state index contributed by atoms with van der Waals surface area (Å²) < 4.78 is 32.4. The molecular weight excluding hydrogens is 332 g/mol. The van der Waals surface area contributed by atoms with E-state index in [0.29, 0.717) is 10.9 Å². The van der Waals surface area contributed by atoms with Crippen molar-refractivity contribution in [2.75, 3.05) is 4.72 Å². The van der Waals surface area contributed by atoms with Gasteiger partial charge < -0.3 is 4.74 Å². The van der Waals surface area contributed by atoms with Gasteiger partial charge in [0.1, 0.15) is 5.75 Å². The molecule has 0 atom stereocenters. The second kappa shape index (κ2) is 6.21. The smallest absolute Gasteiger partial charge is 0.263 e. The molecule has 1 aromatic carbocycles. The van der Waals surface area contributed by atoms with Crippen molar-refractivity contribution in [1.82, 2.24) is 4.98 Å². The topological polar surface area (TPSA) is 68.3 Å². The third kappa shape index (κ3) is 4.09. The number of hydrogen-bond acceptors (Lipinski definition) is 5. The van der Waals surface area contributed by atoms with Gasteiger partial charge in [-0.3, -0.25) is 4.72 Å². The Morgan fingerprint density at radius 1 is 1.38 bits per heavy atom. The van der Waals surface area contributed by atoms with E-state index in [0.717, 1.165) is 5.69 Å². The van der Waals surface area contributed by atoms with Crippen LogP contribution in [-0.4, -0.2) is 19.5 Å². The second-order valence-corrected chi connectivity index (χ2v) is 7.61. The van der Waals surface area contributed by atoms with E-state index in [1.807, 2.05) is 13.8 Å². The largest absolute Gasteiger partial charge is 0.489 e. The van der Waals surface area contributed by atoms with E-state index in [-0.39, 0.29) is 16.0 Å². The van der Waals surface area contributed by atoms with Gasteiger partial charge in [-0.1, -0.05) is 11.6 Å². The fourth-order valence-electron chi connectivity index (χ4n) is 1.57. The average molecular weight is 347 g/mol. The molecule has 5 nitrogen and oxygen atoms in total. The highest BCUT2D eigenvalue weighted by molar-refractivity contribution is 7.93. The number of nitrogens with one attached hydrogen (secondary N) is 1. The Balaban J connectivity index is 2.26. The Labute approximate surface area is 133 Å². The summed E-state index contributed by atoms with van der Waals surface area (Å²) in [6.07, 6.45) is -0.0404. The van der Waals surface area contributed by atoms with E-state index < -0.39 is 10.0 Å². The van der Waals surface area contributed by atoms with Gasteiger partial charge in [0.2, 0.25) is 0 Å². The molecule has 0 radical (unpaired) electrons. The third-order valence-corrected chi connectivity index (χ3v) is 5.05. The van der Waals surface area contributed by atoms with Gasteiger partial charge in [0, 0.05) is 5.38 Å². The number of benzene rings is 1. The maximum Gasteiger partial charge on any atom is 0.263 e. The number of halogens is 1. The number of aromatic nitrogens is 1. The highest BCUT2D eigenvalue weighted by Crippen LogP contribution is 2.29. The minimum atomic E-state index is -3.71. The highest BCUT2D eigenvalue weighted by atomic mass is 35.5. The summed E-state index contributed by atoms with van der Waals surface area (Å²) >= 11 is 7.28. The number of nitrogens with zero attached hydrogens (tertiary/aromatic N) is 1. The molecule has 0 saturated heterocycles. The number of hydrogen-bond donors (Lipinski definition) is 1. The number of sulfonamides is 1. The third-order valence-electron chi connectivity index (χ3n) is 2.42. The van der Waals surface area contributed by atoms with Crippen LogP contribution in [0.4, 0.5) is 5.13 Å². The fourth-order valence-corrected chi connectivity index (χ4v) is 3.83. The molecular formula is C13H15ClN2O3S2. The quantitative estimate of drug-likeness (QED) is 0.896. The maximum atomic E-state index is 12.3. The van der Waals surface area contributed by atoms with Crippen LogP contribution in [0.3, 0.4) is 0 Å².